The minimum Gasteiger partial charge on any atom is -0.378 e. The van der Waals surface area contributed by atoms with Gasteiger partial charge < -0.3 is 30.9 Å². The molecule has 0 saturated carbocycles. The fraction of sp³-hybridized carbons (Fsp3) is 0.425. The Morgan fingerprint density at radius 2 is 1.31 bits per heavy atom. The largest absolute Gasteiger partial charge is 0.378 e. The van der Waals surface area contributed by atoms with E-state index in [1.807, 2.05) is 88.4 Å². The van der Waals surface area contributed by atoms with Crippen molar-refractivity contribution in [1.29, 1.82) is 0 Å². The number of carbonyl (C=O) groups is 5. The number of hydrogen-bond donors (Lipinski definition) is 4. The maximum atomic E-state index is 13.6. The van der Waals surface area contributed by atoms with Gasteiger partial charge in [-0.15, -0.1) is 0 Å². The molecule has 1 aliphatic rings. The van der Waals surface area contributed by atoms with Crippen molar-refractivity contribution < 1.29 is 28.7 Å². The smallest absolute Gasteiger partial charge is 0.326 e. The summed E-state index contributed by atoms with van der Waals surface area (Å²) >= 11 is 0. The van der Waals surface area contributed by atoms with Crippen molar-refractivity contribution in [2.75, 3.05) is 36.5 Å². The summed E-state index contributed by atoms with van der Waals surface area (Å²) in [5.74, 6) is -1.60. The number of nitrogens with one attached hydrogen (secondary N) is 4. The molecule has 1 heterocycles. The predicted octanol–water partition coefficient (Wildman–Crippen LogP) is 4.76. The summed E-state index contributed by atoms with van der Waals surface area (Å²) in [7, 11) is 0. The Labute approximate surface area is 306 Å². The van der Waals surface area contributed by atoms with Crippen LogP contribution in [0.5, 0.6) is 0 Å². The number of benzene rings is 3. The van der Waals surface area contributed by atoms with Crippen molar-refractivity contribution in [3.05, 3.63) is 96.1 Å². The van der Waals surface area contributed by atoms with Crippen LogP contribution in [0.4, 0.5) is 16.2 Å². The Morgan fingerprint density at radius 3 is 1.88 bits per heavy atom. The lowest BCUT2D eigenvalue weighted by Crippen LogP contribution is -2.58. The van der Waals surface area contributed by atoms with E-state index in [4.69, 9.17) is 4.74 Å². The maximum Gasteiger partial charge on any atom is 0.326 e. The molecule has 0 aliphatic carbocycles. The second-order valence-electron chi connectivity index (χ2n) is 13.6. The van der Waals surface area contributed by atoms with Gasteiger partial charge in [0.05, 0.1) is 13.2 Å². The number of amides is 6. The Kier molecular flexibility index (Phi) is 14.8. The fourth-order valence-corrected chi connectivity index (χ4v) is 6.02. The molecular formula is C40H52N6O6. The van der Waals surface area contributed by atoms with E-state index in [9.17, 15) is 24.0 Å². The number of para-hydroxylation sites is 1. The lowest BCUT2D eigenvalue weighted by molar-refractivity contribution is -0.140. The van der Waals surface area contributed by atoms with Crippen molar-refractivity contribution in [2.24, 2.45) is 5.92 Å². The third-order valence-corrected chi connectivity index (χ3v) is 8.76. The van der Waals surface area contributed by atoms with Gasteiger partial charge in [-0.2, -0.15) is 0 Å². The van der Waals surface area contributed by atoms with Gasteiger partial charge in [-0.3, -0.25) is 24.1 Å². The molecule has 3 atom stereocenters. The molecule has 0 unspecified atom stereocenters. The van der Waals surface area contributed by atoms with Crippen molar-refractivity contribution in [1.82, 2.24) is 20.9 Å². The summed E-state index contributed by atoms with van der Waals surface area (Å²) < 4.78 is 5.41. The quantitative estimate of drug-likeness (QED) is 0.179. The van der Waals surface area contributed by atoms with Crippen LogP contribution in [-0.4, -0.2) is 85.0 Å². The highest BCUT2D eigenvalue weighted by atomic mass is 16.5. The van der Waals surface area contributed by atoms with Crippen LogP contribution in [0.15, 0.2) is 84.9 Å². The first-order valence-corrected chi connectivity index (χ1v) is 18.0. The second-order valence-corrected chi connectivity index (χ2v) is 13.6. The van der Waals surface area contributed by atoms with Gasteiger partial charge in [0.1, 0.15) is 18.1 Å². The number of ether oxygens (including phenoxy) is 1. The van der Waals surface area contributed by atoms with Crippen LogP contribution in [0.1, 0.15) is 63.4 Å². The maximum absolute atomic E-state index is 13.6. The molecule has 12 heteroatoms. The predicted molar refractivity (Wildman–Crippen MR) is 202 cm³/mol. The molecule has 52 heavy (non-hydrogen) atoms. The Bertz CT molecular complexity index is 1630. The summed E-state index contributed by atoms with van der Waals surface area (Å²) in [5, 5.41) is 11.4. The summed E-state index contributed by atoms with van der Waals surface area (Å²) in [5.41, 5.74) is 2.47. The molecule has 0 spiro atoms. The van der Waals surface area contributed by atoms with E-state index in [1.54, 1.807) is 41.0 Å². The van der Waals surface area contributed by atoms with E-state index < -0.39 is 35.8 Å². The number of urea groups is 1. The van der Waals surface area contributed by atoms with Gasteiger partial charge in [0.15, 0.2) is 0 Å². The van der Waals surface area contributed by atoms with Gasteiger partial charge in [-0.05, 0) is 74.6 Å². The average Bonchev–Trinajstić information content (AvgIpc) is 3.14. The number of hydrogen-bond acceptors (Lipinski definition) is 6. The van der Waals surface area contributed by atoms with Crippen LogP contribution in [0, 0.1) is 5.92 Å². The first-order chi connectivity index (χ1) is 25.0. The van der Waals surface area contributed by atoms with Crippen LogP contribution in [-0.2, 0) is 25.5 Å². The number of anilines is 2. The minimum absolute atomic E-state index is 0.0532. The van der Waals surface area contributed by atoms with Crippen LogP contribution >= 0.6 is 0 Å². The topological polar surface area (TPSA) is 149 Å². The number of rotatable bonds is 15. The lowest BCUT2D eigenvalue weighted by atomic mass is 10.0. The molecule has 3 aromatic carbocycles. The highest BCUT2D eigenvalue weighted by molar-refractivity contribution is 6.03. The van der Waals surface area contributed by atoms with E-state index >= 15 is 0 Å². The van der Waals surface area contributed by atoms with Crippen molar-refractivity contribution in [3.8, 4) is 0 Å². The van der Waals surface area contributed by atoms with E-state index in [-0.39, 0.29) is 30.3 Å². The average molecular weight is 713 g/mol. The van der Waals surface area contributed by atoms with Crippen LogP contribution in [0.2, 0.25) is 0 Å². The van der Waals surface area contributed by atoms with E-state index in [0.717, 1.165) is 11.3 Å². The fourth-order valence-electron chi connectivity index (χ4n) is 6.02. The molecule has 0 bridgehead atoms. The standard InChI is InChI=1S/C40H52N6O6/c1-6-33(37(48)44-35(26-29-13-9-7-10-14-29)39(50)45-21-23-52-24-22-45)42-38(49)34(25-27(2)3)43-36(47)30-17-19-31(20-18-30)41-40(51)46(28(4)5)32-15-11-8-12-16-32/h7-20,27-28,33-35H,6,21-26H2,1-5H3,(H,41,51)(H,42,49)(H,43,47)(H,44,48)/t33-,34-,35-/m0/s1. The molecular weight excluding hydrogens is 660 g/mol. The molecule has 3 aromatic rings. The Balaban J connectivity index is 1.40. The monoisotopic (exact) mass is 712 g/mol. The number of nitrogens with zero attached hydrogens (tertiary/aromatic N) is 2. The van der Waals surface area contributed by atoms with Crippen LogP contribution in [0.3, 0.4) is 0 Å². The van der Waals surface area contributed by atoms with Crippen molar-refractivity contribution in [3.63, 3.8) is 0 Å². The molecule has 1 fully saturated rings. The van der Waals surface area contributed by atoms with Gasteiger partial charge in [-0.1, -0.05) is 69.3 Å². The third-order valence-electron chi connectivity index (χ3n) is 8.76. The molecule has 0 radical (unpaired) electrons. The lowest BCUT2D eigenvalue weighted by Gasteiger charge is -2.31. The highest BCUT2D eigenvalue weighted by Gasteiger charge is 2.32. The molecule has 6 amide bonds. The van der Waals surface area contributed by atoms with E-state index in [0.29, 0.717) is 50.4 Å². The summed E-state index contributed by atoms with van der Waals surface area (Å²) in [6, 6.07) is 22.2. The van der Waals surface area contributed by atoms with E-state index in [2.05, 4.69) is 21.3 Å². The zero-order chi connectivity index (χ0) is 37.6. The van der Waals surface area contributed by atoms with Gasteiger partial charge in [0.2, 0.25) is 17.7 Å². The third kappa shape index (κ3) is 11.4. The van der Waals surface area contributed by atoms with Gasteiger partial charge in [0, 0.05) is 42.5 Å². The van der Waals surface area contributed by atoms with Crippen LogP contribution in [0.25, 0.3) is 0 Å². The van der Waals surface area contributed by atoms with Crippen molar-refractivity contribution >= 4 is 41.0 Å². The number of carbonyl (C=O) groups excluding carboxylic acids is 5. The van der Waals surface area contributed by atoms with Gasteiger partial charge >= 0.3 is 6.03 Å². The van der Waals surface area contributed by atoms with Crippen LogP contribution < -0.4 is 26.2 Å². The summed E-state index contributed by atoms with van der Waals surface area (Å²) in [6.45, 7) is 11.2. The zero-order valence-corrected chi connectivity index (χ0v) is 30.8. The first kappa shape index (κ1) is 39.6. The second kappa shape index (κ2) is 19.4. The van der Waals surface area contributed by atoms with Crippen molar-refractivity contribution in [2.45, 2.75) is 78.0 Å². The molecule has 1 saturated heterocycles. The molecule has 12 nitrogen and oxygen atoms in total. The molecule has 4 rings (SSSR count). The number of morpholine rings is 1. The Morgan fingerprint density at radius 1 is 0.731 bits per heavy atom. The molecule has 4 N–H and O–H groups in total. The summed E-state index contributed by atoms with van der Waals surface area (Å²) in [6.07, 6.45) is 0.903. The first-order valence-electron chi connectivity index (χ1n) is 18.0. The highest BCUT2D eigenvalue weighted by Crippen LogP contribution is 2.19. The normalized spacial score (nSPS) is 14.6. The Hall–Kier alpha value is -5.23. The van der Waals surface area contributed by atoms with Gasteiger partial charge in [0.25, 0.3) is 5.91 Å². The molecule has 0 aromatic heterocycles. The van der Waals surface area contributed by atoms with Gasteiger partial charge in [-0.25, -0.2) is 4.79 Å². The van der Waals surface area contributed by atoms with E-state index in [1.165, 1.54) is 0 Å². The summed E-state index contributed by atoms with van der Waals surface area (Å²) in [4.78, 5) is 70.7. The minimum atomic E-state index is -0.931. The molecule has 1 aliphatic heterocycles. The molecule has 278 valence electrons. The zero-order valence-electron chi connectivity index (χ0n) is 30.8. The SMILES string of the molecule is CC[C@H](NC(=O)[C@H](CC(C)C)NC(=O)c1ccc(NC(=O)N(c2ccccc2)C(C)C)cc1)C(=O)N[C@@H](Cc1ccccc1)C(=O)N1CCOCC1.